The topological polar surface area (TPSA) is 121 Å². The summed E-state index contributed by atoms with van der Waals surface area (Å²) >= 11 is 0. The van der Waals surface area contributed by atoms with Gasteiger partial charge >= 0.3 is 5.97 Å². The maximum atomic E-state index is 12.5. The molecule has 2 heterocycles. The maximum Gasteiger partial charge on any atom is 0.340 e. The Balaban J connectivity index is 1.85. The standard InChI is InChI=1S/C14H15N3O5S/c18-14(19)10-8-15-16-13(10)23(20,21)17-11-6-7-22-12(11)9-4-2-1-3-5-9/h1-5,8,11-12,17H,6-7H2,(H,15,16)(H,18,19)/t11-,12+/m1/s1. The van der Waals surface area contributed by atoms with Gasteiger partial charge in [0.05, 0.1) is 18.3 Å². The number of aromatic nitrogens is 2. The number of benzene rings is 1. The van der Waals surface area contributed by atoms with Crippen LogP contribution in [-0.2, 0) is 14.8 Å². The number of ether oxygens (including phenoxy) is 1. The SMILES string of the molecule is O=C(O)c1cn[nH]c1S(=O)(=O)N[C@@H]1CCO[C@H]1c1ccccc1. The molecule has 0 bridgehead atoms. The fourth-order valence-corrected chi connectivity index (χ4v) is 3.93. The number of hydrogen-bond acceptors (Lipinski definition) is 5. The third-order valence-corrected chi connectivity index (χ3v) is 5.09. The highest BCUT2D eigenvalue weighted by Crippen LogP contribution is 2.30. The molecule has 122 valence electrons. The van der Waals surface area contributed by atoms with Gasteiger partial charge in [-0.1, -0.05) is 30.3 Å². The number of hydrogen-bond donors (Lipinski definition) is 3. The molecule has 23 heavy (non-hydrogen) atoms. The number of aromatic carboxylic acids is 1. The lowest BCUT2D eigenvalue weighted by molar-refractivity contribution is 0.0692. The molecule has 8 nitrogen and oxygen atoms in total. The molecule has 0 saturated carbocycles. The van der Waals surface area contributed by atoms with E-state index in [0.29, 0.717) is 13.0 Å². The molecule has 1 aliphatic heterocycles. The first kappa shape index (κ1) is 15.7. The van der Waals surface area contributed by atoms with Crippen LogP contribution in [0.15, 0.2) is 41.6 Å². The molecule has 1 fully saturated rings. The van der Waals surface area contributed by atoms with Gasteiger partial charge in [0.25, 0.3) is 10.0 Å². The minimum absolute atomic E-state index is 0.396. The number of nitrogens with one attached hydrogen (secondary N) is 2. The minimum atomic E-state index is -4.05. The van der Waals surface area contributed by atoms with Gasteiger partial charge in [-0.2, -0.15) is 5.10 Å². The number of carboxylic acids is 1. The lowest BCUT2D eigenvalue weighted by Gasteiger charge is -2.19. The van der Waals surface area contributed by atoms with Crippen molar-refractivity contribution in [3.63, 3.8) is 0 Å². The highest BCUT2D eigenvalue weighted by Gasteiger charge is 2.35. The molecule has 0 aliphatic carbocycles. The van der Waals surface area contributed by atoms with Gasteiger partial charge in [0.1, 0.15) is 5.56 Å². The molecular weight excluding hydrogens is 322 g/mol. The van der Waals surface area contributed by atoms with Crippen LogP contribution in [0.3, 0.4) is 0 Å². The molecule has 1 aliphatic rings. The molecule has 1 saturated heterocycles. The van der Waals surface area contributed by atoms with Crippen molar-refractivity contribution in [1.82, 2.24) is 14.9 Å². The van der Waals surface area contributed by atoms with Crippen LogP contribution >= 0.6 is 0 Å². The summed E-state index contributed by atoms with van der Waals surface area (Å²) in [6, 6.07) is 8.79. The molecule has 0 spiro atoms. The Kier molecular flexibility index (Phi) is 4.16. The van der Waals surface area contributed by atoms with E-state index in [0.717, 1.165) is 11.8 Å². The van der Waals surface area contributed by atoms with Gasteiger partial charge in [-0.05, 0) is 12.0 Å². The lowest BCUT2D eigenvalue weighted by Crippen LogP contribution is -2.37. The summed E-state index contributed by atoms with van der Waals surface area (Å²) in [7, 11) is -4.05. The Hall–Kier alpha value is -2.23. The smallest absolute Gasteiger partial charge is 0.340 e. The van der Waals surface area contributed by atoms with E-state index >= 15 is 0 Å². The van der Waals surface area contributed by atoms with Crippen molar-refractivity contribution in [2.45, 2.75) is 23.6 Å². The molecule has 0 unspecified atom stereocenters. The van der Waals surface area contributed by atoms with Crippen LogP contribution in [0, 0.1) is 0 Å². The third-order valence-electron chi connectivity index (χ3n) is 3.63. The molecule has 2 aromatic rings. The summed E-state index contributed by atoms with van der Waals surface area (Å²) in [5.41, 5.74) is 0.466. The second-order valence-corrected chi connectivity index (χ2v) is 6.79. The lowest BCUT2D eigenvalue weighted by atomic mass is 10.0. The number of aromatic amines is 1. The zero-order valence-corrected chi connectivity index (χ0v) is 12.8. The predicted octanol–water partition coefficient (Wildman–Crippen LogP) is 0.916. The largest absolute Gasteiger partial charge is 0.478 e. The molecule has 1 aromatic carbocycles. The average Bonchev–Trinajstić information content (AvgIpc) is 3.16. The van der Waals surface area contributed by atoms with Crippen molar-refractivity contribution in [1.29, 1.82) is 0 Å². The molecule has 9 heteroatoms. The highest BCUT2D eigenvalue weighted by atomic mass is 32.2. The van der Waals surface area contributed by atoms with Gasteiger partial charge in [0.2, 0.25) is 0 Å². The zero-order valence-electron chi connectivity index (χ0n) is 12.0. The first-order chi connectivity index (χ1) is 11.0. The van der Waals surface area contributed by atoms with E-state index in [9.17, 15) is 13.2 Å². The normalized spacial score (nSPS) is 21.4. The summed E-state index contributed by atoms with van der Waals surface area (Å²) in [5.74, 6) is -1.36. The van der Waals surface area contributed by atoms with E-state index in [1.807, 2.05) is 30.3 Å². The third kappa shape index (κ3) is 3.11. The average molecular weight is 337 g/mol. The van der Waals surface area contributed by atoms with Crippen LogP contribution in [0.1, 0.15) is 28.4 Å². The van der Waals surface area contributed by atoms with Crippen LogP contribution in [0.5, 0.6) is 0 Å². The Morgan fingerprint density at radius 1 is 1.35 bits per heavy atom. The molecular formula is C14H15N3O5S. The Labute approximate surface area is 132 Å². The van der Waals surface area contributed by atoms with Crippen LogP contribution in [0.4, 0.5) is 0 Å². The number of nitrogens with zero attached hydrogens (tertiary/aromatic N) is 1. The molecule has 0 amide bonds. The van der Waals surface area contributed by atoms with Gasteiger partial charge in [-0.25, -0.2) is 17.9 Å². The summed E-state index contributed by atoms with van der Waals surface area (Å²) in [5, 5.41) is 14.3. The Bertz CT molecular complexity index is 803. The summed E-state index contributed by atoms with van der Waals surface area (Å²) in [6.07, 6.45) is 1.05. The Morgan fingerprint density at radius 2 is 2.09 bits per heavy atom. The van der Waals surface area contributed by atoms with Crippen molar-refractivity contribution >= 4 is 16.0 Å². The van der Waals surface area contributed by atoms with Crippen molar-refractivity contribution in [2.75, 3.05) is 6.61 Å². The Morgan fingerprint density at radius 3 is 2.78 bits per heavy atom. The predicted molar refractivity (Wildman–Crippen MR) is 79.4 cm³/mol. The molecule has 3 N–H and O–H groups in total. The van der Waals surface area contributed by atoms with E-state index < -0.39 is 38.7 Å². The van der Waals surface area contributed by atoms with E-state index in [4.69, 9.17) is 9.84 Å². The van der Waals surface area contributed by atoms with E-state index in [-0.39, 0.29) is 0 Å². The van der Waals surface area contributed by atoms with E-state index in [2.05, 4.69) is 14.9 Å². The fourth-order valence-electron chi connectivity index (χ4n) is 2.57. The quantitative estimate of drug-likeness (QED) is 0.746. The van der Waals surface area contributed by atoms with Crippen molar-refractivity contribution < 1.29 is 23.1 Å². The van der Waals surface area contributed by atoms with Crippen molar-refractivity contribution in [2.24, 2.45) is 0 Å². The maximum absolute atomic E-state index is 12.5. The zero-order chi connectivity index (χ0) is 16.4. The minimum Gasteiger partial charge on any atom is -0.478 e. The van der Waals surface area contributed by atoms with Crippen LogP contribution in [0.25, 0.3) is 0 Å². The van der Waals surface area contributed by atoms with Crippen LogP contribution < -0.4 is 4.72 Å². The number of rotatable bonds is 5. The van der Waals surface area contributed by atoms with Gasteiger partial charge in [0, 0.05) is 6.61 Å². The summed E-state index contributed by atoms with van der Waals surface area (Å²) in [6.45, 7) is 0.418. The monoisotopic (exact) mass is 337 g/mol. The highest BCUT2D eigenvalue weighted by molar-refractivity contribution is 7.89. The van der Waals surface area contributed by atoms with Crippen molar-refractivity contribution in [3.8, 4) is 0 Å². The second kappa shape index (κ2) is 6.11. The van der Waals surface area contributed by atoms with Gasteiger partial charge in [-0.3, -0.25) is 5.10 Å². The van der Waals surface area contributed by atoms with Gasteiger partial charge in [-0.15, -0.1) is 0 Å². The van der Waals surface area contributed by atoms with Gasteiger partial charge in [0.15, 0.2) is 5.03 Å². The van der Waals surface area contributed by atoms with Gasteiger partial charge < -0.3 is 9.84 Å². The first-order valence-electron chi connectivity index (χ1n) is 6.94. The van der Waals surface area contributed by atoms with E-state index in [1.165, 1.54) is 0 Å². The summed E-state index contributed by atoms with van der Waals surface area (Å²) in [4.78, 5) is 11.1. The second-order valence-electron chi connectivity index (χ2n) is 5.14. The van der Waals surface area contributed by atoms with Crippen LogP contribution in [0.2, 0.25) is 0 Å². The first-order valence-corrected chi connectivity index (χ1v) is 8.43. The number of carbonyl (C=O) groups is 1. The number of carboxylic acid groups (broad SMARTS) is 1. The molecule has 2 atom stereocenters. The molecule has 3 rings (SSSR count). The fraction of sp³-hybridized carbons (Fsp3) is 0.286. The molecule has 0 radical (unpaired) electrons. The van der Waals surface area contributed by atoms with Crippen LogP contribution in [-0.4, -0.2) is 42.3 Å². The number of H-pyrrole nitrogens is 1. The molecule has 1 aromatic heterocycles. The number of sulfonamides is 1. The van der Waals surface area contributed by atoms with E-state index in [1.54, 1.807) is 0 Å². The summed E-state index contributed by atoms with van der Waals surface area (Å²) < 4.78 is 33.0. The van der Waals surface area contributed by atoms with Crippen molar-refractivity contribution in [3.05, 3.63) is 47.7 Å².